The summed E-state index contributed by atoms with van der Waals surface area (Å²) in [5.41, 5.74) is 3.57. The molecule has 4 rings (SSSR count). The number of hydrogen-bond acceptors (Lipinski definition) is 6. The van der Waals surface area contributed by atoms with Gasteiger partial charge < -0.3 is 0 Å². The van der Waals surface area contributed by atoms with E-state index in [0.717, 1.165) is 36.5 Å². The lowest BCUT2D eigenvalue weighted by molar-refractivity contribution is -0.393. The van der Waals surface area contributed by atoms with Crippen molar-refractivity contribution in [1.29, 1.82) is 0 Å². The molecule has 5 atom stereocenters. The first-order chi connectivity index (χ1) is 13.4. The second kappa shape index (κ2) is 7.48. The van der Waals surface area contributed by atoms with Crippen molar-refractivity contribution >= 4 is 22.8 Å². The van der Waals surface area contributed by atoms with Crippen LogP contribution in [0.1, 0.15) is 51.9 Å². The summed E-state index contributed by atoms with van der Waals surface area (Å²) in [5.74, 6) is 3.39. The maximum Gasteiger partial charge on any atom is 0.301 e. The number of nitro groups is 2. The summed E-state index contributed by atoms with van der Waals surface area (Å²) in [7, 11) is 0. The van der Waals surface area contributed by atoms with Crippen molar-refractivity contribution in [3.05, 3.63) is 38.4 Å². The highest BCUT2D eigenvalue weighted by atomic mass is 16.6. The molecule has 0 saturated heterocycles. The van der Waals surface area contributed by atoms with Crippen LogP contribution in [-0.2, 0) is 0 Å². The highest BCUT2D eigenvalue weighted by Gasteiger charge is 2.45. The van der Waals surface area contributed by atoms with Crippen LogP contribution in [0.25, 0.3) is 0 Å². The lowest BCUT2D eigenvalue weighted by atomic mass is 9.70. The normalized spacial score (nSPS) is 33.2. The average Bonchev–Trinajstić information content (AvgIpc) is 3.29. The van der Waals surface area contributed by atoms with Crippen molar-refractivity contribution < 1.29 is 9.85 Å². The average molecular weight is 386 g/mol. The summed E-state index contributed by atoms with van der Waals surface area (Å²) in [6.07, 6.45) is 8.59. The Kier molecular flexibility index (Phi) is 5.03. The molecule has 2 bridgehead atoms. The number of hydrogen-bond donors (Lipinski definition) is 1. The van der Waals surface area contributed by atoms with Gasteiger partial charge in [0, 0.05) is 17.7 Å². The minimum absolute atomic E-state index is 0.202. The maximum atomic E-state index is 11.4. The fourth-order valence-electron chi connectivity index (χ4n) is 5.63. The van der Waals surface area contributed by atoms with E-state index in [9.17, 15) is 20.2 Å². The number of nitro benzene ring substituents is 2. The molecule has 0 unspecified atom stereocenters. The number of nitrogens with one attached hydrogen (secondary N) is 1. The minimum atomic E-state index is -0.628. The fourth-order valence-corrected chi connectivity index (χ4v) is 5.63. The first-order valence-corrected chi connectivity index (χ1v) is 10.2. The fraction of sp³-hybridized carbons (Fsp3) is 0.650. The summed E-state index contributed by atoms with van der Waals surface area (Å²) < 4.78 is 0. The predicted octanol–water partition coefficient (Wildman–Crippen LogP) is 5.14. The molecule has 0 radical (unpaired) electrons. The van der Waals surface area contributed by atoms with E-state index < -0.39 is 9.85 Å². The summed E-state index contributed by atoms with van der Waals surface area (Å²) in [6, 6.07) is 3.63. The summed E-state index contributed by atoms with van der Waals surface area (Å²) in [5, 5.41) is 26.9. The topological polar surface area (TPSA) is 111 Å². The van der Waals surface area contributed by atoms with E-state index in [4.69, 9.17) is 0 Å². The highest BCUT2D eigenvalue weighted by molar-refractivity contribution is 5.89. The van der Waals surface area contributed by atoms with Crippen LogP contribution in [0.2, 0.25) is 0 Å². The maximum absolute atomic E-state index is 11.4. The molecule has 3 fully saturated rings. The Morgan fingerprint density at radius 3 is 2.54 bits per heavy atom. The third-order valence-corrected chi connectivity index (χ3v) is 6.97. The number of fused-ring (bicyclic) bond motifs is 2. The minimum Gasteiger partial charge on any atom is -0.272 e. The number of benzene rings is 1. The van der Waals surface area contributed by atoms with Crippen molar-refractivity contribution in [3.63, 3.8) is 0 Å². The molecule has 150 valence electrons. The molecule has 0 amide bonds. The second-order valence-corrected chi connectivity index (χ2v) is 8.76. The predicted molar refractivity (Wildman–Crippen MR) is 106 cm³/mol. The van der Waals surface area contributed by atoms with Gasteiger partial charge in [0.05, 0.1) is 15.9 Å². The van der Waals surface area contributed by atoms with Gasteiger partial charge in [0.1, 0.15) is 5.69 Å². The Hall–Kier alpha value is -2.51. The largest absolute Gasteiger partial charge is 0.301 e. The van der Waals surface area contributed by atoms with E-state index in [2.05, 4.69) is 17.5 Å². The molecule has 3 saturated carbocycles. The van der Waals surface area contributed by atoms with E-state index in [1.165, 1.54) is 44.2 Å². The summed E-state index contributed by atoms with van der Waals surface area (Å²) in [6.45, 7) is 2.22. The van der Waals surface area contributed by atoms with Crippen molar-refractivity contribution in [3.8, 4) is 0 Å². The van der Waals surface area contributed by atoms with Crippen LogP contribution in [0.4, 0.5) is 17.1 Å². The van der Waals surface area contributed by atoms with Crippen molar-refractivity contribution in [2.24, 2.45) is 34.7 Å². The lowest BCUT2D eigenvalue weighted by Gasteiger charge is -2.36. The second-order valence-electron chi connectivity index (χ2n) is 8.76. The van der Waals surface area contributed by atoms with Gasteiger partial charge in [-0.3, -0.25) is 25.7 Å². The molecule has 8 heteroatoms. The molecule has 1 aromatic rings. The van der Waals surface area contributed by atoms with Crippen LogP contribution >= 0.6 is 0 Å². The lowest BCUT2D eigenvalue weighted by Crippen LogP contribution is -2.33. The zero-order chi connectivity index (χ0) is 19.8. The van der Waals surface area contributed by atoms with Gasteiger partial charge in [-0.25, -0.2) is 0 Å². The molecule has 3 aliphatic carbocycles. The third kappa shape index (κ3) is 3.59. The Bertz CT molecular complexity index is 824. The summed E-state index contributed by atoms with van der Waals surface area (Å²) in [4.78, 5) is 21.0. The van der Waals surface area contributed by atoms with Crippen molar-refractivity contribution in [2.45, 2.75) is 51.9 Å². The van der Waals surface area contributed by atoms with Gasteiger partial charge in [0.15, 0.2) is 0 Å². The van der Waals surface area contributed by atoms with Gasteiger partial charge in [-0.05, 0) is 68.3 Å². The molecule has 0 aliphatic heterocycles. The summed E-state index contributed by atoms with van der Waals surface area (Å²) >= 11 is 0. The molecular formula is C20H26N4O4. The quantitative estimate of drug-likeness (QED) is 0.556. The van der Waals surface area contributed by atoms with Gasteiger partial charge in [-0.1, -0.05) is 13.3 Å². The van der Waals surface area contributed by atoms with Crippen molar-refractivity contribution in [2.75, 3.05) is 5.43 Å². The van der Waals surface area contributed by atoms with Gasteiger partial charge in [0.25, 0.3) is 5.69 Å². The van der Waals surface area contributed by atoms with E-state index >= 15 is 0 Å². The van der Waals surface area contributed by atoms with Crippen LogP contribution < -0.4 is 5.43 Å². The molecular weight excluding hydrogens is 360 g/mol. The number of nitrogens with zero attached hydrogens (tertiary/aromatic N) is 3. The third-order valence-electron chi connectivity index (χ3n) is 6.97. The number of anilines is 1. The highest BCUT2D eigenvalue weighted by Crippen LogP contribution is 2.53. The molecule has 1 N–H and O–H groups in total. The molecule has 0 aromatic heterocycles. The standard InChI is InChI=1S/C20H26N4O4/c1-12-2-6-16(17-10-13-3-4-14(17)9-13)19(8-12)22-21-18-7-5-15(23(25)26)11-20(18)24(27)28/h5,7,11-14,16-17,21H,2-4,6,8-10H2,1H3/b22-19-/t12-,13+,14+,16-,17+/m0/s1. The van der Waals surface area contributed by atoms with Crippen LogP contribution in [0.5, 0.6) is 0 Å². The van der Waals surface area contributed by atoms with E-state index in [-0.39, 0.29) is 17.1 Å². The van der Waals surface area contributed by atoms with Crippen LogP contribution in [0, 0.1) is 49.8 Å². The molecule has 28 heavy (non-hydrogen) atoms. The zero-order valence-electron chi connectivity index (χ0n) is 16.0. The first-order valence-electron chi connectivity index (χ1n) is 10.2. The number of non-ortho nitro benzene ring substituents is 1. The van der Waals surface area contributed by atoms with Crippen LogP contribution in [0.3, 0.4) is 0 Å². The number of hydrazone groups is 1. The molecule has 0 spiro atoms. The van der Waals surface area contributed by atoms with E-state index in [1.54, 1.807) is 0 Å². The Labute approximate surface area is 163 Å². The number of rotatable bonds is 5. The van der Waals surface area contributed by atoms with Crippen LogP contribution in [-0.4, -0.2) is 15.6 Å². The first kappa shape index (κ1) is 18.8. The Morgan fingerprint density at radius 1 is 1.07 bits per heavy atom. The van der Waals surface area contributed by atoms with Gasteiger partial charge in [0.2, 0.25) is 0 Å². The zero-order valence-corrected chi connectivity index (χ0v) is 16.0. The van der Waals surface area contributed by atoms with E-state index in [1.807, 2.05) is 0 Å². The van der Waals surface area contributed by atoms with Crippen LogP contribution in [0.15, 0.2) is 23.3 Å². The van der Waals surface area contributed by atoms with Gasteiger partial charge in [-0.15, -0.1) is 0 Å². The molecule has 1 aromatic carbocycles. The van der Waals surface area contributed by atoms with E-state index in [0.29, 0.717) is 17.8 Å². The monoisotopic (exact) mass is 386 g/mol. The smallest absolute Gasteiger partial charge is 0.272 e. The van der Waals surface area contributed by atoms with Crippen molar-refractivity contribution in [1.82, 2.24) is 0 Å². The Balaban J connectivity index is 1.57. The Morgan fingerprint density at radius 2 is 1.89 bits per heavy atom. The molecule has 0 heterocycles. The van der Waals surface area contributed by atoms with Gasteiger partial charge >= 0.3 is 5.69 Å². The molecule has 3 aliphatic rings. The SMILES string of the molecule is C[C@H]1CC[C@@H]([C@@H]2C[C@@H]3CC[C@@H]2C3)/C(=N\Nc2ccc([N+](=O)[O-])cc2[N+](=O)[O-])C1. The van der Waals surface area contributed by atoms with Gasteiger partial charge in [-0.2, -0.15) is 5.10 Å². The molecule has 8 nitrogen and oxygen atoms in total.